The highest BCUT2D eigenvalue weighted by atomic mass is 16.8. The Morgan fingerprint density at radius 3 is 2.19 bits per heavy atom. The van der Waals surface area contributed by atoms with Gasteiger partial charge in [0.2, 0.25) is 0 Å². The van der Waals surface area contributed by atoms with Crippen molar-refractivity contribution in [2.45, 2.75) is 172 Å². The molecule has 0 unspecified atom stereocenters. The molecule has 4 aliphatic carbocycles. The SMILES string of the molecule is CO[C@@H]1[C@@H](O[C@@H]2OC[C@@H](OC)[C@H](O)[C@H]2O)[C@H](O[C@@H](CC[C@@H](C)[C@H]2C[C@@H](O)[C@@H]3[C@]2(C)CC[C@@H]2[C@@]4(C)CC[C@H](O)C[C@@H]4[C@@H](O)C[C@]23O)C(C)C)O[C@H]1CO. The van der Waals surface area contributed by atoms with Crippen molar-refractivity contribution in [3.05, 3.63) is 0 Å². The molecule has 0 amide bonds. The molecular weight excluding hydrogens is 676 g/mol. The van der Waals surface area contributed by atoms with E-state index < -0.39 is 73.1 Å². The highest BCUT2D eigenvalue weighted by Crippen LogP contribution is 2.69. The predicted molar refractivity (Wildman–Crippen MR) is 188 cm³/mol. The minimum Gasteiger partial charge on any atom is -0.394 e. The highest BCUT2D eigenvalue weighted by Gasteiger charge is 2.70. The van der Waals surface area contributed by atoms with Crippen molar-refractivity contribution < 1.29 is 64.2 Å². The fourth-order valence-corrected chi connectivity index (χ4v) is 12.4. The standard InChI is InChI=1S/C39H68O13/c1-19(2)26(50-36-33(32(48-7)27(17-40)51-36)52-35-31(45)30(44)28(47-6)18-49-35)9-8-20(3)22-15-24(42)34-38(22,5)13-11-29-37(4)12-10-21(41)14-23(37)25(43)16-39(29,34)46/h19-36,40-46H,8-18H2,1-7H3/t20-,21+,22-,23-,24-,25+,26+,27+,28-,29-,30+,31-,32+,33-,34-,35+,36-,37+,38-,39+/m1/s1. The van der Waals surface area contributed by atoms with Crippen LogP contribution < -0.4 is 0 Å². The molecule has 13 nitrogen and oxygen atoms in total. The maximum atomic E-state index is 12.7. The zero-order chi connectivity index (χ0) is 37.9. The third-order valence-electron chi connectivity index (χ3n) is 15.1. The van der Waals surface area contributed by atoms with E-state index in [-0.39, 0.29) is 72.1 Å². The molecule has 0 aromatic heterocycles. The number of fused-ring (bicyclic) bond motifs is 5. The van der Waals surface area contributed by atoms with Gasteiger partial charge in [-0.3, -0.25) is 0 Å². The summed E-state index contributed by atoms with van der Waals surface area (Å²) in [7, 11) is 2.92. The maximum absolute atomic E-state index is 12.7. The third kappa shape index (κ3) is 7.05. The van der Waals surface area contributed by atoms with Crippen LogP contribution in [-0.4, -0.2) is 142 Å². The Morgan fingerprint density at radius 2 is 1.54 bits per heavy atom. The summed E-state index contributed by atoms with van der Waals surface area (Å²) < 4.78 is 35.6. The molecule has 52 heavy (non-hydrogen) atoms. The molecule has 0 aromatic rings. The molecule has 6 fully saturated rings. The maximum Gasteiger partial charge on any atom is 0.187 e. The molecule has 2 aliphatic heterocycles. The topological polar surface area (TPSA) is 197 Å². The number of aliphatic hydroxyl groups excluding tert-OH is 6. The first kappa shape index (κ1) is 41.1. The van der Waals surface area contributed by atoms with Gasteiger partial charge < -0.3 is 64.2 Å². The van der Waals surface area contributed by atoms with Crippen LogP contribution in [0.15, 0.2) is 0 Å². The van der Waals surface area contributed by atoms with E-state index in [0.717, 1.165) is 25.7 Å². The molecule has 0 spiro atoms. The van der Waals surface area contributed by atoms with Crippen LogP contribution >= 0.6 is 0 Å². The summed E-state index contributed by atoms with van der Waals surface area (Å²) in [6, 6.07) is 0. The van der Waals surface area contributed by atoms with Crippen LogP contribution in [0.1, 0.15) is 92.4 Å². The predicted octanol–water partition coefficient (Wildman–Crippen LogP) is 1.73. The largest absolute Gasteiger partial charge is 0.394 e. The number of methoxy groups -OCH3 is 2. The van der Waals surface area contributed by atoms with Crippen molar-refractivity contribution in [2.24, 2.45) is 46.3 Å². The average molecular weight is 745 g/mol. The van der Waals surface area contributed by atoms with Crippen LogP contribution in [0.3, 0.4) is 0 Å². The van der Waals surface area contributed by atoms with Gasteiger partial charge in [0.1, 0.15) is 36.6 Å². The molecule has 20 atom stereocenters. The van der Waals surface area contributed by atoms with Gasteiger partial charge in [-0.05, 0) is 91.8 Å². The monoisotopic (exact) mass is 744 g/mol. The van der Waals surface area contributed by atoms with Gasteiger partial charge in [-0.1, -0.05) is 34.6 Å². The molecule has 6 rings (SSSR count). The number of ether oxygens (including phenoxy) is 6. The van der Waals surface area contributed by atoms with Crippen LogP contribution in [0.25, 0.3) is 0 Å². The lowest BCUT2D eigenvalue weighted by molar-refractivity contribution is -0.310. The zero-order valence-electron chi connectivity index (χ0n) is 32.3. The molecule has 302 valence electrons. The number of hydrogen-bond donors (Lipinski definition) is 7. The summed E-state index contributed by atoms with van der Waals surface area (Å²) in [4.78, 5) is 0. The van der Waals surface area contributed by atoms with E-state index in [1.165, 1.54) is 14.2 Å². The summed E-state index contributed by atoms with van der Waals surface area (Å²) in [6.07, 6.45) is -3.79. The lowest BCUT2D eigenvalue weighted by Crippen LogP contribution is -2.68. The van der Waals surface area contributed by atoms with Crippen molar-refractivity contribution in [3.8, 4) is 0 Å². The van der Waals surface area contributed by atoms with E-state index in [4.69, 9.17) is 28.4 Å². The molecule has 2 heterocycles. The summed E-state index contributed by atoms with van der Waals surface area (Å²) in [5.74, 6) is 0.0131. The highest BCUT2D eigenvalue weighted by molar-refractivity contribution is 5.20. The van der Waals surface area contributed by atoms with Gasteiger partial charge in [0, 0.05) is 26.6 Å². The molecule has 0 aromatic carbocycles. The summed E-state index contributed by atoms with van der Waals surface area (Å²) >= 11 is 0. The third-order valence-corrected chi connectivity index (χ3v) is 15.1. The first-order chi connectivity index (χ1) is 24.5. The van der Waals surface area contributed by atoms with Gasteiger partial charge >= 0.3 is 0 Å². The fraction of sp³-hybridized carbons (Fsp3) is 1.00. The number of rotatable bonds is 12. The average Bonchev–Trinajstić information content (AvgIpc) is 3.58. The van der Waals surface area contributed by atoms with Gasteiger partial charge in [0.15, 0.2) is 12.6 Å². The first-order valence-corrected chi connectivity index (χ1v) is 19.9. The number of aliphatic hydroxyl groups is 7. The minimum atomic E-state index is -1.39. The van der Waals surface area contributed by atoms with Gasteiger partial charge in [-0.2, -0.15) is 0 Å². The lowest BCUT2D eigenvalue weighted by atomic mass is 9.42. The van der Waals surface area contributed by atoms with E-state index in [1.54, 1.807) is 0 Å². The van der Waals surface area contributed by atoms with E-state index in [1.807, 2.05) is 0 Å². The van der Waals surface area contributed by atoms with Crippen LogP contribution in [0.2, 0.25) is 0 Å². The second kappa shape index (κ2) is 15.8. The molecule has 2 saturated heterocycles. The Balaban J connectivity index is 1.14. The molecule has 7 N–H and O–H groups in total. The Bertz CT molecular complexity index is 1190. The Morgan fingerprint density at radius 1 is 0.827 bits per heavy atom. The molecule has 4 saturated carbocycles. The number of hydrogen-bond acceptors (Lipinski definition) is 13. The van der Waals surface area contributed by atoms with Crippen LogP contribution in [0.4, 0.5) is 0 Å². The Labute approximate surface area is 309 Å². The molecular formula is C39H68O13. The fourth-order valence-electron chi connectivity index (χ4n) is 12.4. The van der Waals surface area contributed by atoms with Crippen LogP contribution in [0, 0.1) is 46.3 Å². The van der Waals surface area contributed by atoms with Crippen LogP contribution in [0.5, 0.6) is 0 Å². The normalized spacial score (nSPS) is 51.9. The Kier molecular flexibility index (Phi) is 12.5. The molecule has 0 radical (unpaired) electrons. The summed E-state index contributed by atoms with van der Waals surface area (Å²) in [5.41, 5.74) is -1.77. The van der Waals surface area contributed by atoms with Crippen molar-refractivity contribution in [2.75, 3.05) is 27.4 Å². The molecule has 13 heteroatoms. The smallest absolute Gasteiger partial charge is 0.187 e. The van der Waals surface area contributed by atoms with E-state index in [0.29, 0.717) is 25.7 Å². The van der Waals surface area contributed by atoms with Crippen LogP contribution in [-0.2, 0) is 28.4 Å². The molecule has 6 aliphatic rings. The Hall–Kier alpha value is -0.520. The van der Waals surface area contributed by atoms with E-state index in [2.05, 4.69) is 34.6 Å². The summed E-state index contributed by atoms with van der Waals surface area (Å²) in [5, 5.41) is 77.8. The van der Waals surface area contributed by atoms with E-state index >= 15 is 0 Å². The van der Waals surface area contributed by atoms with Gasteiger partial charge in [-0.25, -0.2) is 0 Å². The van der Waals surface area contributed by atoms with Crippen molar-refractivity contribution >= 4 is 0 Å². The zero-order valence-corrected chi connectivity index (χ0v) is 32.3. The van der Waals surface area contributed by atoms with Crippen molar-refractivity contribution in [1.82, 2.24) is 0 Å². The van der Waals surface area contributed by atoms with Crippen molar-refractivity contribution in [3.63, 3.8) is 0 Å². The first-order valence-electron chi connectivity index (χ1n) is 19.9. The van der Waals surface area contributed by atoms with E-state index in [9.17, 15) is 35.7 Å². The second-order valence-corrected chi connectivity index (χ2v) is 18.2. The van der Waals surface area contributed by atoms with Gasteiger partial charge in [0.05, 0.1) is 43.2 Å². The quantitative estimate of drug-likeness (QED) is 0.153. The molecule has 0 bridgehead atoms. The van der Waals surface area contributed by atoms with Gasteiger partial charge in [0.25, 0.3) is 0 Å². The minimum absolute atomic E-state index is 0.0182. The lowest BCUT2D eigenvalue weighted by Gasteiger charge is -2.66. The van der Waals surface area contributed by atoms with Crippen molar-refractivity contribution in [1.29, 1.82) is 0 Å². The van der Waals surface area contributed by atoms with Gasteiger partial charge in [-0.15, -0.1) is 0 Å². The second-order valence-electron chi connectivity index (χ2n) is 18.2. The summed E-state index contributed by atoms with van der Waals surface area (Å²) in [6.45, 7) is 10.5.